The van der Waals surface area contributed by atoms with Gasteiger partial charge >= 0.3 is 0 Å². The fourth-order valence-electron chi connectivity index (χ4n) is 1.27. The van der Waals surface area contributed by atoms with Crippen molar-refractivity contribution < 1.29 is 4.74 Å². The van der Waals surface area contributed by atoms with Gasteiger partial charge < -0.3 is 15.8 Å². The van der Waals surface area contributed by atoms with Crippen LogP contribution in [0, 0.1) is 0 Å². The summed E-state index contributed by atoms with van der Waals surface area (Å²) >= 11 is 3.47. The number of hydrogen-bond donors (Lipinski definition) is 2. The van der Waals surface area contributed by atoms with Gasteiger partial charge in [0.2, 0.25) is 0 Å². The van der Waals surface area contributed by atoms with Crippen molar-refractivity contribution in [1.82, 2.24) is 5.32 Å². The molecule has 0 saturated carbocycles. The Hall–Kier alpha value is -1.49. The molecule has 0 atom stereocenters. The zero-order chi connectivity index (χ0) is 13.5. The lowest BCUT2D eigenvalue weighted by molar-refractivity contribution is 0.414. The highest BCUT2D eigenvalue weighted by Crippen LogP contribution is 2.22. The van der Waals surface area contributed by atoms with Crippen molar-refractivity contribution >= 4 is 21.9 Å². The van der Waals surface area contributed by atoms with E-state index in [0.717, 1.165) is 21.4 Å². The topological polar surface area (TPSA) is 59.6 Å². The minimum Gasteiger partial charge on any atom is -0.497 e. The number of ether oxygens (including phenoxy) is 1. The number of halogens is 1. The van der Waals surface area contributed by atoms with Gasteiger partial charge in [0.15, 0.2) is 5.96 Å². The number of rotatable bonds is 5. The molecule has 18 heavy (non-hydrogen) atoms. The van der Waals surface area contributed by atoms with Crippen molar-refractivity contribution in [2.24, 2.45) is 10.7 Å². The molecular weight excluding hydrogens is 294 g/mol. The first kappa shape index (κ1) is 14.6. The molecule has 3 N–H and O–H groups in total. The van der Waals surface area contributed by atoms with Gasteiger partial charge in [0.25, 0.3) is 0 Å². The van der Waals surface area contributed by atoms with E-state index < -0.39 is 0 Å². The Labute approximate surface area is 116 Å². The third kappa shape index (κ3) is 4.79. The smallest absolute Gasteiger partial charge is 0.189 e. The van der Waals surface area contributed by atoms with E-state index in [2.05, 4.69) is 32.8 Å². The minimum absolute atomic E-state index is 0.410. The molecule has 0 bridgehead atoms. The summed E-state index contributed by atoms with van der Waals surface area (Å²) in [6.45, 7) is 6.84. The van der Waals surface area contributed by atoms with Crippen LogP contribution in [0.3, 0.4) is 0 Å². The summed E-state index contributed by atoms with van der Waals surface area (Å²) in [5.41, 5.74) is 7.77. The number of nitrogens with zero attached hydrogens (tertiary/aromatic N) is 1. The van der Waals surface area contributed by atoms with Crippen LogP contribution in [0.5, 0.6) is 5.75 Å². The van der Waals surface area contributed by atoms with Gasteiger partial charge in [0.1, 0.15) is 5.75 Å². The highest BCUT2D eigenvalue weighted by atomic mass is 79.9. The first-order chi connectivity index (χ1) is 8.52. The second-order valence-corrected chi connectivity index (χ2v) is 4.82. The summed E-state index contributed by atoms with van der Waals surface area (Å²) in [5.74, 6) is 1.21. The van der Waals surface area contributed by atoms with Gasteiger partial charge in [-0.3, -0.25) is 0 Å². The number of nitrogens with one attached hydrogen (secondary N) is 1. The molecule has 0 spiro atoms. The molecule has 1 rings (SSSR count). The van der Waals surface area contributed by atoms with E-state index in [0.29, 0.717) is 19.0 Å². The van der Waals surface area contributed by atoms with Gasteiger partial charge in [0, 0.05) is 11.0 Å². The van der Waals surface area contributed by atoms with E-state index in [1.165, 1.54) is 0 Å². The van der Waals surface area contributed by atoms with Crippen LogP contribution in [0.2, 0.25) is 0 Å². The lowest BCUT2D eigenvalue weighted by atomic mass is 10.2. The Morgan fingerprint density at radius 3 is 2.89 bits per heavy atom. The fraction of sp³-hybridized carbons (Fsp3) is 0.308. The van der Waals surface area contributed by atoms with Crippen LogP contribution in [0.1, 0.15) is 12.5 Å². The largest absolute Gasteiger partial charge is 0.497 e. The second kappa shape index (κ2) is 7.06. The molecule has 0 aliphatic carbocycles. The molecule has 4 nitrogen and oxygen atoms in total. The molecule has 98 valence electrons. The molecule has 0 fully saturated rings. The van der Waals surface area contributed by atoms with Crippen molar-refractivity contribution in [1.29, 1.82) is 0 Å². The highest BCUT2D eigenvalue weighted by molar-refractivity contribution is 9.10. The Morgan fingerprint density at radius 2 is 2.28 bits per heavy atom. The van der Waals surface area contributed by atoms with Gasteiger partial charge in [-0.05, 0) is 30.7 Å². The number of guanidine groups is 1. The molecule has 0 aliphatic heterocycles. The molecule has 0 unspecified atom stereocenters. The molecule has 0 aromatic heterocycles. The Morgan fingerprint density at radius 1 is 1.56 bits per heavy atom. The van der Waals surface area contributed by atoms with Gasteiger partial charge in [-0.1, -0.05) is 28.1 Å². The second-order valence-electron chi connectivity index (χ2n) is 3.97. The average Bonchev–Trinajstić information content (AvgIpc) is 2.35. The molecule has 1 aromatic rings. The van der Waals surface area contributed by atoms with Crippen molar-refractivity contribution in [2.45, 2.75) is 13.5 Å². The fourth-order valence-corrected chi connectivity index (χ4v) is 1.64. The number of aliphatic imine (C=N–C) groups is 1. The predicted octanol–water partition coefficient (Wildman–Crippen LogP) is 2.44. The number of benzene rings is 1. The van der Waals surface area contributed by atoms with Crippen LogP contribution in [0.15, 0.2) is 39.8 Å². The maximum atomic E-state index is 5.74. The molecular formula is C13H18BrN3O. The van der Waals surface area contributed by atoms with E-state index in [1.807, 2.05) is 25.1 Å². The predicted molar refractivity (Wildman–Crippen MR) is 78.8 cm³/mol. The Balaban J connectivity index is 2.66. The van der Waals surface area contributed by atoms with Crippen molar-refractivity contribution in [3.8, 4) is 5.75 Å². The summed E-state index contributed by atoms with van der Waals surface area (Å²) < 4.78 is 6.15. The summed E-state index contributed by atoms with van der Waals surface area (Å²) in [4.78, 5) is 4.26. The maximum Gasteiger partial charge on any atom is 0.189 e. The number of methoxy groups -OCH3 is 1. The van der Waals surface area contributed by atoms with Crippen molar-refractivity contribution in [3.05, 3.63) is 40.4 Å². The van der Waals surface area contributed by atoms with Gasteiger partial charge in [-0.15, -0.1) is 0 Å². The van der Waals surface area contributed by atoms with Gasteiger partial charge in [0.05, 0.1) is 13.7 Å². The zero-order valence-corrected chi connectivity index (χ0v) is 12.3. The quantitative estimate of drug-likeness (QED) is 0.499. The van der Waals surface area contributed by atoms with E-state index >= 15 is 0 Å². The average molecular weight is 312 g/mol. The minimum atomic E-state index is 0.410. The summed E-state index contributed by atoms with van der Waals surface area (Å²) in [5, 5.41) is 2.98. The third-order valence-electron chi connectivity index (χ3n) is 2.24. The van der Waals surface area contributed by atoms with Crippen LogP contribution in [-0.2, 0) is 6.54 Å². The van der Waals surface area contributed by atoms with E-state index in [4.69, 9.17) is 10.5 Å². The summed E-state index contributed by atoms with van der Waals surface area (Å²) in [6.07, 6.45) is 0. The summed E-state index contributed by atoms with van der Waals surface area (Å²) in [6, 6.07) is 5.75. The molecule has 0 aliphatic rings. The normalized spacial score (nSPS) is 11.2. The molecule has 0 heterocycles. The van der Waals surface area contributed by atoms with Crippen LogP contribution in [0.4, 0.5) is 0 Å². The first-order valence-electron chi connectivity index (χ1n) is 5.53. The van der Waals surface area contributed by atoms with Crippen LogP contribution in [-0.4, -0.2) is 19.6 Å². The molecule has 0 radical (unpaired) electrons. The number of nitrogens with two attached hydrogens (primary N) is 1. The third-order valence-corrected chi connectivity index (χ3v) is 3.02. The van der Waals surface area contributed by atoms with Gasteiger partial charge in [-0.25, -0.2) is 4.99 Å². The SMILES string of the molecule is C=C(C)CNC(N)=NCc1cc(OC)ccc1Br. The summed E-state index contributed by atoms with van der Waals surface area (Å²) in [7, 11) is 1.64. The highest BCUT2D eigenvalue weighted by Gasteiger charge is 2.01. The first-order valence-corrected chi connectivity index (χ1v) is 6.33. The van der Waals surface area contributed by atoms with Crippen LogP contribution < -0.4 is 15.8 Å². The van der Waals surface area contributed by atoms with Crippen LogP contribution in [0.25, 0.3) is 0 Å². The zero-order valence-electron chi connectivity index (χ0n) is 10.7. The van der Waals surface area contributed by atoms with E-state index in [1.54, 1.807) is 7.11 Å². The van der Waals surface area contributed by atoms with E-state index in [9.17, 15) is 0 Å². The lowest BCUT2D eigenvalue weighted by Gasteiger charge is -2.07. The molecule has 1 aromatic carbocycles. The Kier molecular flexibility index (Phi) is 5.71. The molecule has 5 heteroatoms. The molecule has 0 amide bonds. The van der Waals surface area contributed by atoms with Crippen molar-refractivity contribution in [2.75, 3.05) is 13.7 Å². The van der Waals surface area contributed by atoms with Crippen molar-refractivity contribution in [3.63, 3.8) is 0 Å². The van der Waals surface area contributed by atoms with E-state index in [-0.39, 0.29) is 0 Å². The van der Waals surface area contributed by atoms with Crippen LogP contribution >= 0.6 is 15.9 Å². The maximum absolute atomic E-state index is 5.74. The number of hydrogen-bond acceptors (Lipinski definition) is 2. The molecule has 0 saturated heterocycles. The standard InChI is InChI=1S/C13H18BrN3O/c1-9(2)7-16-13(15)17-8-10-6-11(18-3)4-5-12(10)14/h4-6H,1,7-8H2,2-3H3,(H3,15,16,17). The Bertz CT molecular complexity index is 458. The monoisotopic (exact) mass is 311 g/mol. The van der Waals surface area contributed by atoms with Gasteiger partial charge in [-0.2, -0.15) is 0 Å². The lowest BCUT2D eigenvalue weighted by Crippen LogP contribution is -2.32.